The van der Waals surface area contributed by atoms with Crippen LogP contribution in [0.1, 0.15) is 25.5 Å². The molecule has 0 spiro atoms. The van der Waals surface area contributed by atoms with Crippen LogP contribution in [-0.4, -0.2) is 46.9 Å². The van der Waals surface area contributed by atoms with Gasteiger partial charge in [0.05, 0.1) is 25.1 Å². The summed E-state index contributed by atoms with van der Waals surface area (Å²) in [7, 11) is -2.22. The molecule has 0 aliphatic carbocycles. The number of anilines is 1. The van der Waals surface area contributed by atoms with Gasteiger partial charge < -0.3 is 19.5 Å². The lowest BCUT2D eigenvalue weighted by atomic mass is 10.1. The molecule has 0 fully saturated rings. The molecule has 162 valence electrons. The number of methoxy groups -OCH3 is 1. The molecule has 30 heavy (non-hydrogen) atoms. The zero-order valence-corrected chi connectivity index (χ0v) is 18.2. The van der Waals surface area contributed by atoms with E-state index >= 15 is 0 Å². The molecule has 0 saturated carbocycles. The summed E-state index contributed by atoms with van der Waals surface area (Å²) in [5.41, 5.74) is 1.18. The number of sulfonamides is 1. The van der Waals surface area contributed by atoms with Crippen molar-refractivity contribution < 1.29 is 27.4 Å². The Morgan fingerprint density at radius 2 is 1.80 bits per heavy atom. The number of hydrogen-bond acceptors (Lipinski definition) is 6. The molecular formula is C21H26N2O6S. The highest BCUT2D eigenvalue weighted by Crippen LogP contribution is 2.32. The van der Waals surface area contributed by atoms with Gasteiger partial charge in [0.15, 0.2) is 11.5 Å². The molecule has 2 aromatic rings. The molecule has 1 heterocycles. The number of rotatable bonds is 7. The Hall–Kier alpha value is -2.94. The highest BCUT2D eigenvalue weighted by Gasteiger charge is 2.30. The molecule has 2 aromatic carbocycles. The first kappa shape index (κ1) is 21.8. The predicted molar refractivity (Wildman–Crippen MR) is 114 cm³/mol. The third-order valence-corrected chi connectivity index (χ3v) is 6.06. The van der Waals surface area contributed by atoms with Crippen LogP contribution in [0.3, 0.4) is 0 Å². The summed E-state index contributed by atoms with van der Waals surface area (Å²) in [6, 6.07) is 10.7. The molecule has 0 radical (unpaired) electrons. The highest BCUT2D eigenvalue weighted by atomic mass is 32.2. The number of nitrogens with zero attached hydrogens (tertiary/aromatic N) is 1. The fourth-order valence-corrected chi connectivity index (χ4v) is 4.47. The van der Waals surface area contributed by atoms with Gasteiger partial charge >= 0.3 is 0 Å². The minimum absolute atomic E-state index is 0.353. The summed E-state index contributed by atoms with van der Waals surface area (Å²) in [6.07, 6.45) is 1.07. The van der Waals surface area contributed by atoms with E-state index in [1.807, 2.05) is 19.1 Å². The van der Waals surface area contributed by atoms with E-state index in [1.54, 1.807) is 37.3 Å². The van der Waals surface area contributed by atoms with E-state index in [9.17, 15) is 13.2 Å². The number of nitrogens with one attached hydrogen (secondary N) is 1. The largest absolute Gasteiger partial charge is 0.497 e. The minimum atomic E-state index is -3.72. The van der Waals surface area contributed by atoms with E-state index in [4.69, 9.17) is 14.2 Å². The van der Waals surface area contributed by atoms with Crippen LogP contribution >= 0.6 is 0 Å². The van der Waals surface area contributed by atoms with E-state index in [1.165, 1.54) is 7.11 Å². The van der Waals surface area contributed by atoms with Gasteiger partial charge in [-0.15, -0.1) is 0 Å². The Morgan fingerprint density at radius 1 is 1.10 bits per heavy atom. The summed E-state index contributed by atoms with van der Waals surface area (Å²) in [6.45, 7) is 4.35. The minimum Gasteiger partial charge on any atom is -0.497 e. The van der Waals surface area contributed by atoms with Crippen molar-refractivity contribution >= 4 is 21.6 Å². The zero-order chi connectivity index (χ0) is 21.9. The number of amides is 1. The second-order valence-electron chi connectivity index (χ2n) is 7.07. The van der Waals surface area contributed by atoms with Gasteiger partial charge in [-0.2, -0.15) is 0 Å². The number of ether oxygens (including phenoxy) is 3. The van der Waals surface area contributed by atoms with Gasteiger partial charge in [-0.1, -0.05) is 12.1 Å². The van der Waals surface area contributed by atoms with Crippen molar-refractivity contribution in [3.63, 3.8) is 0 Å². The van der Waals surface area contributed by atoms with Crippen molar-refractivity contribution in [2.75, 3.05) is 30.9 Å². The molecule has 0 saturated heterocycles. The standard InChI is InChI=1S/C21H26N2O6S/c1-14(16-8-9-19-20(12-16)29-11-10-28-19)22-21(24)15(2)23(30(4,25)26)17-6-5-7-18(13-17)27-3/h5-9,12-15H,10-11H2,1-4H3,(H,22,24)/t14-,15-/m1/s1. The highest BCUT2D eigenvalue weighted by molar-refractivity contribution is 7.92. The first-order valence-corrected chi connectivity index (χ1v) is 11.4. The van der Waals surface area contributed by atoms with E-state index in [0.29, 0.717) is 36.1 Å². The smallest absolute Gasteiger partial charge is 0.244 e. The Kier molecular flexibility index (Phi) is 6.40. The van der Waals surface area contributed by atoms with Crippen LogP contribution < -0.4 is 23.8 Å². The van der Waals surface area contributed by atoms with Gasteiger partial charge in [-0.25, -0.2) is 8.42 Å². The van der Waals surface area contributed by atoms with Crippen molar-refractivity contribution in [1.29, 1.82) is 0 Å². The van der Waals surface area contributed by atoms with Crippen LogP contribution in [0.25, 0.3) is 0 Å². The van der Waals surface area contributed by atoms with Crippen LogP contribution in [0.5, 0.6) is 17.2 Å². The molecule has 1 aliphatic rings. The molecular weight excluding hydrogens is 408 g/mol. The average molecular weight is 435 g/mol. The molecule has 1 aliphatic heterocycles. The Balaban J connectivity index is 1.80. The van der Waals surface area contributed by atoms with E-state index in [2.05, 4.69) is 5.32 Å². The first-order chi connectivity index (χ1) is 14.2. The second-order valence-corrected chi connectivity index (χ2v) is 8.93. The van der Waals surface area contributed by atoms with Gasteiger partial charge in [0.2, 0.25) is 15.9 Å². The van der Waals surface area contributed by atoms with Crippen molar-refractivity contribution in [1.82, 2.24) is 5.32 Å². The normalized spacial score (nSPS) is 15.1. The lowest BCUT2D eigenvalue weighted by molar-refractivity contribution is -0.122. The molecule has 2 atom stereocenters. The van der Waals surface area contributed by atoms with Gasteiger partial charge in [0.25, 0.3) is 0 Å². The number of hydrogen-bond donors (Lipinski definition) is 1. The molecule has 1 amide bonds. The lowest BCUT2D eigenvalue weighted by Gasteiger charge is -2.29. The first-order valence-electron chi connectivity index (χ1n) is 9.54. The third-order valence-electron chi connectivity index (χ3n) is 4.82. The Bertz CT molecular complexity index is 1020. The fourth-order valence-electron chi connectivity index (χ4n) is 3.30. The SMILES string of the molecule is COc1cccc(N([C@H](C)C(=O)N[C@H](C)c2ccc3c(c2)OCCO3)S(C)(=O)=O)c1. The predicted octanol–water partition coefficient (Wildman–Crippen LogP) is 2.50. The van der Waals surface area contributed by atoms with Gasteiger partial charge in [0, 0.05) is 6.07 Å². The molecule has 3 rings (SSSR count). The number of fused-ring (bicyclic) bond motifs is 1. The van der Waals surface area contributed by atoms with E-state index < -0.39 is 22.0 Å². The summed E-state index contributed by atoms with van der Waals surface area (Å²) in [4.78, 5) is 12.9. The Labute approximate surface area is 176 Å². The summed E-state index contributed by atoms with van der Waals surface area (Å²) >= 11 is 0. The third kappa shape index (κ3) is 4.79. The summed E-state index contributed by atoms with van der Waals surface area (Å²) in [5.74, 6) is 1.37. The van der Waals surface area contributed by atoms with E-state index in [-0.39, 0.29) is 6.04 Å². The van der Waals surface area contributed by atoms with Crippen LogP contribution in [0, 0.1) is 0 Å². The van der Waals surface area contributed by atoms with E-state index in [0.717, 1.165) is 16.1 Å². The zero-order valence-electron chi connectivity index (χ0n) is 17.4. The van der Waals surface area contributed by atoms with Crippen LogP contribution in [0.4, 0.5) is 5.69 Å². The average Bonchev–Trinajstić information content (AvgIpc) is 2.72. The fraction of sp³-hybridized carbons (Fsp3) is 0.381. The van der Waals surface area contributed by atoms with Crippen molar-refractivity contribution in [3.05, 3.63) is 48.0 Å². The summed E-state index contributed by atoms with van der Waals surface area (Å²) < 4.78 is 42.3. The van der Waals surface area contributed by atoms with Crippen molar-refractivity contribution in [3.8, 4) is 17.2 Å². The lowest BCUT2D eigenvalue weighted by Crippen LogP contribution is -2.48. The number of benzene rings is 2. The van der Waals surface area contributed by atoms with Crippen LogP contribution in [-0.2, 0) is 14.8 Å². The topological polar surface area (TPSA) is 94.2 Å². The van der Waals surface area contributed by atoms with Crippen LogP contribution in [0.15, 0.2) is 42.5 Å². The molecule has 0 unspecified atom stereocenters. The maximum absolute atomic E-state index is 12.9. The van der Waals surface area contributed by atoms with Crippen molar-refractivity contribution in [2.24, 2.45) is 0 Å². The molecule has 1 N–H and O–H groups in total. The molecule has 8 nitrogen and oxygen atoms in total. The monoisotopic (exact) mass is 434 g/mol. The van der Waals surface area contributed by atoms with Gasteiger partial charge in [-0.3, -0.25) is 9.10 Å². The van der Waals surface area contributed by atoms with Crippen molar-refractivity contribution in [2.45, 2.75) is 25.9 Å². The Morgan fingerprint density at radius 3 is 2.47 bits per heavy atom. The van der Waals surface area contributed by atoms with Crippen LogP contribution in [0.2, 0.25) is 0 Å². The maximum Gasteiger partial charge on any atom is 0.244 e. The summed E-state index contributed by atoms with van der Waals surface area (Å²) in [5, 5.41) is 2.88. The number of carbonyl (C=O) groups is 1. The maximum atomic E-state index is 12.9. The molecule has 9 heteroatoms. The molecule has 0 aromatic heterocycles. The van der Waals surface area contributed by atoms with Gasteiger partial charge in [0.1, 0.15) is 25.0 Å². The molecule has 0 bridgehead atoms. The number of carbonyl (C=O) groups excluding carboxylic acids is 1. The van der Waals surface area contributed by atoms with Gasteiger partial charge in [-0.05, 0) is 43.7 Å². The quantitative estimate of drug-likeness (QED) is 0.720. The second kappa shape index (κ2) is 8.83.